The average Bonchev–Trinajstić information content (AvgIpc) is 2.69. The number of methoxy groups -OCH3 is 1. The fraction of sp³-hybridized carbons (Fsp3) is 0.190. The van der Waals surface area contributed by atoms with Crippen LogP contribution in [0.15, 0.2) is 65.7 Å². The maximum Gasteiger partial charge on any atom is 0.262 e. The molecule has 0 amide bonds. The number of hydrogen-bond acceptors (Lipinski definition) is 5. The Hall–Kier alpha value is -3.06. The van der Waals surface area contributed by atoms with Gasteiger partial charge in [-0.25, -0.2) is 13.4 Å². The highest BCUT2D eigenvalue weighted by Gasteiger charge is 2.19. The first kappa shape index (κ1) is 19.7. The van der Waals surface area contributed by atoms with Gasteiger partial charge < -0.3 is 9.64 Å². The second-order valence-electron chi connectivity index (χ2n) is 6.49. The molecule has 0 aliphatic rings. The first-order valence-corrected chi connectivity index (χ1v) is 10.2. The number of nitrogens with one attached hydrogen (secondary N) is 1. The van der Waals surface area contributed by atoms with Gasteiger partial charge in [0, 0.05) is 12.7 Å². The van der Waals surface area contributed by atoms with Crippen LogP contribution in [-0.2, 0) is 10.0 Å². The predicted molar refractivity (Wildman–Crippen MR) is 112 cm³/mol. The Bertz CT molecular complexity index is 1070. The third-order valence-electron chi connectivity index (χ3n) is 4.47. The molecule has 0 unspecified atom stereocenters. The molecule has 0 saturated heterocycles. The Morgan fingerprint density at radius 1 is 1.00 bits per heavy atom. The molecule has 1 aromatic heterocycles. The van der Waals surface area contributed by atoms with E-state index in [0.29, 0.717) is 22.8 Å². The second kappa shape index (κ2) is 7.90. The summed E-state index contributed by atoms with van der Waals surface area (Å²) in [5.74, 6) is 1.37. The Balaban J connectivity index is 1.83. The number of pyridine rings is 1. The molecule has 0 aliphatic carbocycles. The smallest absolute Gasteiger partial charge is 0.262 e. The fourth-order valence-electron chi connectivity index (χ4n) is 2.91. The molecule has 6 nitrogen and oxygen atoms in total. The Kier molecular flexibility index (Phi) is 5.56. The van der Waals surface area contributed by atoms with Crippen LogP contribution in [0.4, 0.5) is 17.2 Å². The minimum absolute atomic E-state index is 0.219. The van der Waals surface area contributed by atoms with E-state index in [1.165, 1.54) is 6.20 Å². The summed E-state index contributed by atoms with van der Waals surface area (Å²) in [7, 11) is -0.265. The molecule has 0 atom stereocenters. The van der Waals surface area contributed by atoms with Crippen LogP contribution in [0.2, 0.25) is 0 Å². The van der Waals surface area contributed by atoms with E-state index in [-0.39, 0.29) is 4.90 Å². The number of nitrogens with zero attached hydrogens (tertiary/aromatic N) is 2. The molecule has 0 radical (unpaired) electrons. The highest BCUT2D eigenvalue weighted by atomic mass is 32.2. The fourth-order valence-corrected chi connectivity index (χ4v) is 4.27. The largest absolute Gasteiger partial charge is 0.496 e. The highest BCUT2D eigenvalue weighted by molar-refractivity contribution is 7.92. The number of ether oxygens (including phenoxy) is 1. The maximum atomic E-state index is 12.8. The Morgan fingerprint density at radius 2 is 1.71 bits per heavy atom. The lowest BCUT2D eigenvalue weighted by Crippen LogP contribution is -2.15. The van der Waals surface area contributed by atoms with Crippen LogP contribution >= 0.6 is 0 Å². The molecule has 28 heavy (non-hydrogen) atoms. The predicted octanol–water partition coefficient (Wildman–Crippen LogP) is 4.28. The third kappa shape index (κ3) is 4.09. The van der Waals surface area contributed by atoms with Crippen molar-refractivity contribution in [2.24, 2.45) is 0 Å². The van der Waals surface area contributed by atoms with E-state index in [9.17, 15) is 8.42 Å². The number of aromatic nitrogens is 1. The van der Waals surface area contributed by atoms with E-state index in [0.717, 1.165) is 11.3 Å². The number of anilines is 3. The Morgan fingerprint density at radius 3 is 2.32 bits per heavy atom. The van der Waals surface area contributed by atoms with Crippen LogP contribution in [0.1, 0.15) is 11.1 Å². The van der Waals surface area contributed by atoms with Gasteiger partial charge in [0.05, 0.1) is 23.9 Å². The minimum atomic E-state index is -3.74. The molecule has 3 aromatic rings. The summed E-state index contributed by atoms with van der Waals surface area (Å²) in [5, 5.41) is 0. The molecular formula is C21H23N3O3S. The first-order chi connectivity index (χ1) is 13.3. The van der Waals surface area contributed by atoms with Gasteiger partial charge in [0.1, 0.15) is 11.6 Å². The average molecular weight is 398 g/mol. The molecular weight excluding hydrogens is 374 g/mol. The summed E-state index contributed by atoms with van der Waals surface area (Å²) in [5.41, 5.74) is 2.76. The summed E-state index contributed by atoms with van der Waals surface area (Å²) in [6.45, 7) is 3.56. The molecule has 0 fully saturated rings. The van der Waals surface area contributed by atoms with E-state index < -0.39 is 10.0 Å². The first-order valence-electron chi connectivity index (χ1n) is 8.74. The van der Waals surface area contributed by atoms with Crippen LogP contribution in [0.5, 0.6) is 5.75 Å². The molecule has 0 aliphatic heterocycles. The zero-order valence-corrected chi connectivity index (χ0v) is 17.1. The molecule has 146 valence electrons. The van der Waals surface area contributed by atoms with Gasteiger partial charge in [-0.05, 0) is 61.4 Å². The molecule has 1 N–H and O–H groups in total. The van der Waals surface area contributed by atoms with Gasteiger partial charge in [-0.1, -0.05) is 18.2 Å². The normalized spacial score (nSPS) is 11.1. The van der Waals surface area contributed by atoms with Crippen molar-refractivity contribution in [3.8, 4) is 5.75 Å². The van der Waals surface area contributed by atoms with E-state index in [1.54, 1.807) is 38.3 Å². The zero-order chi connectivity index (χ0) is 20.3. The number of aryl methyl sites for hydroxylation is 2. The number of para-hydroxylation sites is 1. The monoisotopic (exact) mass is 397 g/mol. The summed E-state index contributed by atoms with van der Waals surface area (Å²) in [6.07, 6.45) is 1.51. The summed E-state index contributed by atoms with van der Waals surface area (Å²) in [4.78, 5) is 6.52. The Labute approximate surface area is 165 Å². The summed E-state index contributed by atoms with van der Waals surface area (Å²) < 4.78 is 33.5. The lowest BCUT2D eigenvalue weighted by Gasteiger charge is -2.18. The van der Waals surface area contributed by atoms with Crippen molar-refractivity contribution in [1.29, 1.82) is 0 Å². The molecule has 0 bridgehead atoms. The molecule has 3 rings (SSSR count). The third-order valence-corrected chi connectivity index (χ3v) is 5.99. The number of hydrogen-bond donors (Lipinski definition) is 1. The summed E-state index contributed by atoms with van der Waals surface area (Å²) >= 11 is 0. The van der Waals surface area contributed by atoms with Gasteiger partial charge in [0.25, 0.3) is 10.0 Å². The van der Waals surface area contributed by atoms with Crippen LogP contribution in [0.25, 0.3) is 0 Å². The van der Waals surface area contributed by atoms with Gasteiger partial charge in [-0.3, -0.25) is 4.72 Å². The van der Waals surface area contributed by atoms with Gasteiger partial charge in [0.15, 0.2) is 0 Å². The minimum Gasteiger partial charge on any atom is -0.496 e. The van der Waals surface area contributed by atoms with Gasteiger partial charge >= 0.3 is 0 Å². The second-order valence-corrected chi connectivity index (χ2v) is 8.14. The lowest BCUT2D eigenvalue weighted by molar-refractivity contribution is 0.411. The van der Waals surface area contributed by atoms with E-state index in [2.05, 4.69) is 9.71 Å². The van der Waals surface area contributed by atoms with Crippen molar-refractivity contribution in [2.45, 2.75) is 18.7 Å². The van der Waals surface area contributed by atoms with Crippen molar-refractivity contribution in [2.75, 3.05) is 23.8 Å². The van der Waals surface area contributed by atoms with Gasteiger partial charge in [0.2, 0.25) is 0 Å². The SMILES string of the molecule is COc1cc(C)c(S(=O)(=O)Nc2ccc(N(C)c3ccccc3)nc2)cc1C. The molecule has 1 heterocycles. The molecule has 2 aromatic carbocycles. The van der Waals surface area contributed by atoms with E-state index in [4.69, 9.17) is 4.74 Å². The zero-order valence-electron chi connectivity index (χ0n) is 16.3. The topological polar surface area (TPSA) is 71.5 Å². The van der Waals surface area contributed by atoms with E-state index >= 15 is 0 Å². The number of sulfonamides is 1. The van der Waals surface area contributed by atoms with Crippen molar-refractivity contribution in [1.82, 2.24) is 4.98 Å². The van der Waals surface area contributed by atoms with Crippen molar-refractivity contribution in [3.05, 3.63) is 71.9 Å². The number of benzene rings is 2. The van der Waals surface area contributed by atoms with Crippen LogP contribution < -0.4 is 14.4 Å². The van der Waals surface area contributed by atoms with Gasteiger partial charge in [-0.15, -0.1) is 0 Å². The van der Waals surface area contributed by atoms with Crippen molar-refractivity contribution >= 4 is 27.2 Å². The quantitative estimate of drug-likeness (QED) is 0.672. The molecule has 0 spiro atoms. The number of rotatable bonds is 6. The van der Waals surface area contributed by atoms with E-state index in [1.807, 2.05) is 49.2 Å². The van der Waals surface area contributed by atoms with Crippen molar-refractivity contribution < 1.29 is 13.2 Å². The standard InChI is InChI=1S/C21H23N3O3S/c1-15-13-20(16(2)12-19(15)27-4)28(25,26)23-17-10-11-21(22-14-17)24(3)18-8-6-5-7-9-18/h5-14,23H,1-4H3. The lowest BCUT2D eigenvalue weighted by atomic mass is 10.1. The molecule has 0 saturated carbocycles. The van der Waals surface area contributed by atoms with Crippen LogP contribution in [-0.4, -0.2) is 27.6 Å². The maximum absolute atomic E-state index is 12.8. The van der Waals surface area contributed by atoms with Gasteiger partial charge in [-0.2, -0.15) is 0 Å². The molecule has 7 heteroatoms. The van der Waals surface area contributed by atoms with Crippen LogP contribution in [0, 0.1) is 13.8 Å². The summed E-state index contributed by atoms with van der Waals surface area (Å²) in [6, 6.07) is 16.6. The van der Waals surface area contributed by atoms with Crippen LogP contribution in [0.3, 0.4) is 0 Å². The van der Waals surface area contributed by atoms with Crippen molar-refractivity contribution in [3.63, 3.8) is 0 Å². The highest BCUT2D eigenvalue weighted by Crippen LogP contribution is 2.28.